The molecular formula is C20H16F3NO2. The average Bonchev–Trinajstić information content (AvgIpc) is 2.65. The number of carbonyl (C=O) groups is 1. The van der Waals surface area contributed by atoms with Gasteiger partial charge in [0, 0.05) is 6.54 Å². The fourth-order valence-electron chi connectivity index (χ4n) is 3.43. The highest BCUT2D eigenvalue weighted by Gasteiger charge is 2.44. The van der Waals surface area contributed by atoms with E-state index in [9.17, 15) is 18.0 Å². The van der Waals surface area contributed by atoms with E-state index in [2.05, 4.69) is 0 Å². The van der Waals surface area contributed by atoms with Gasteiger partial charge in [-0.15, -0.1) is 0 Å². The number of fused-ring (bicyclic) bond motifs is 2. The number of hydrogen-bond donors (Lipinski definition) is 0. The fourth-order valence-corrected chi connectivity index (χ4v) is 3.43. The minimum absolute atomic E-state index is 0.126. The van der Waals surface area contributed by atoms with Crippen LogP contribution in [0.4, 0.5) is 13.2 Å². The average molecular weight is 359 g/mol. The number of rotatable bonds is 1. The maximum Gasteiger partial charge on any atom is 0.416 e. The summed E-state index contributed by atoms with van der Waals surface area (Å²) in [6, 6.07) is 16.8. The molecule has 1 fully saturated rings. The van der Waals surface area contributed by atoms with Crippen LogP contribution in [0.5, 0.6) is 0 Å². The van der Waals surface area contributed by atoms with Crippen molar-refractivity contribution >= 4 is 27.5 Å². The van der Waals surface area contributed by atoms with E-state index in [0.29, 0.717) is 5.56 Å². The summed E-state index contributed by atoms with van der Waals surface area (Å²) in [6.45, 7) is -0.471. The van der Waals surface area contributed by atoms with Crippen molar-refractivity contribution in [3.63, 3.8) is 0 Å². The Morgan fingerprint density at radius 2 is 1.58 bits per heavy atom. The lowest BCUT2D eigenvalue weighted by Crippen LogP contribution is -2.51. The van der Waals surface area contributed by atoms with Crippen LogP contribution in [-0.2, 0) is 4.74 Å². The molecule has 3 nitrogen and oxygen atoms in total. The molecule has 0 spiro atoms. The van der Waals surface area contributed by atoms with Gasteiger partial charge in [0.05, 0.1) is 18.7 Å². The zero-order valence-electron chi connectivity index (χ0n) is 13.8. The van der Waals surface area contributed by atoms with E-state index in [0.717, 1.165) is 21.5 Å². The highest BCUT2D eigenvalue weighted by molar-refractivity contribution is 6.18. The van der Waals surface area contributed by atoms with Gasteiger partial charge in [-0.2, -0.15) is 13.2 Å². The SMILES string of the molecule is O=C(c1c2ccccc2cc2ccccc12)N1CCO[C@H](C(F)(F)F)C1. The zero-order valence-corrected chi connectivity index (χ0v) is 13.8. The molecule has 134 valence electrons. The molecule has 1 aliphatic heterocycles. The van der Waals surface area contributed by atoms with Crippen LogP contribution >= 0.6 is 0 Å². The van der Waals surface area contributed by atoms with Crippen LogP contribution in [0.15, 0.2) is 54.6 Å². The molecule has 0 aliphatic carbocycles. The number of carbonyl (C=O) groups excluding carboxylic acids is 1. The predicted octanol–water partition coefficient (Wildman–Crippen LogP) is 4.40. The summed E-state index contributed by atoms with van der Waals surface area (Å²) in [7, 11) is 0. The van der Waals surface area contributed by atoms with Crippen LogP contribution < -0.4 is 0 Å². The van der Waals surface area contributed by atoms with Crippen molar-refractivity contribution in [3.8, 4) is 0 Å². The largest absolute Gasteiger partial charge is 0.416 e. The molecule has 0 bridgehead atoms. The Morgan fingerprint density at radius 1 is 1.00 bits per heavy atom. The molecule has 0 saturated carbocycles. The lowest BCUT2D eigenvalue weighted by Gasteiger charge is -2.34. The van der Waals surface area contributed by atoms with Crippen LogP contribution in [0.3, 0.4) is 0 Å². The third-order valence-corrected chi connectivity index (χ3v) is 4.70. The number of benzene rings is 3. The monoisotopic (exact) mass is 359 g/mol. The standard InChI is InChI=1S/C20H16F3NO2/c21-20(22,23)17-12-24(9-10-26-17)19(25)18-15-7-3-1-5-13(15)11-14-6-2-4-8-16(14)18/h1-8,11,17H,9-10,12H2/t17-/m0/s1. The molecule has 3 aromatic carbocycles. The molecule has 1 atom stereocenters. The van der Waals surface area contributed by atoms with Crippen molar-refractivity contribution in [2.75, 3.05) is 19.7 Å². The number of amides is 1. The van der Waals surface area contributed by atoms with E-state index in [4.69, 9.17) is 4.74 Å². The molecule has 1 amide bonds. The summed E-state index contributed by atoms with van der Waals surface area (Å²) in [4.78, 5) is 14.4. The number of alkyl halides is 3. The molecule has 0 unspecified atom stereocenters. The number of nitrogens with zero attached hydrogens (tertiary/aromatic N) is 1. The summed E-state index contributed by atoms with van der Waals surface area (Å²) in [5.74, 6) is -0.393. The summed E-state index contributed by atoms with van der Waals surface area (Å²) in [6.07, 6.45) is -6.43. The molecular weight excluding hydrogens is 343 g/mol. The van der Waals surface area contributed by atoms with Gasteiger partial charge in [0.15, 0.2) is 6.10 Å². The van der Waals surface area contributed by atoms with Gasteiger partial charge < -0.3 is 9.64 Å². The first-order chi connectivity index (χ1) is 12.4. The molecule has 1 heterocycles. The summed E-state index contributed by atoms with van der Waals surface area (Å²) in [5.41, 5.74) is 0.446. The quantitative estimate of drug-likeness (QED) is 0.603. The van der Waals surface area contributed by atoms with E-state index in [1.165, 1.54) is 4.90 Å². The van der Waals surface area contributed by atoms with Crippen molar-refractivity contribution in [1.82, 2.24) is 4.90 Å². The van der Waals surface area contributed by atoms with Gasteiger partial charge in [-0.3, -0.25) is 4.79 Å². The van der Waals surface area contributed by atoms with Gasteiger partial charge in [-0.25, -0.2) is 0 Å². The van der Waals surface area contributed by atoms with Gasteiger partial charge in [0.25, 0.3) is 5.91 Å². The van der Waals surface area contributed by atoms with Gasteiger partial charge in [-0.1, -0.05) is 48.5 Å². The van der Waals surface area contributed by atoms with Gasteiger partial charge >= 0.3 is 6.18 Å². The molecule has 3 aromatic rings. The molecule has 26 heavy (non-hydrogen) atoms. The predicted molar refractivity (Wildman–Crippen MR) is 93.2 cm³/mol. The van der Waals surface area contributed by atoms with E-state index >= 15 is 0 Å². The van der Waals surface area contributed by atoms with Crippen molar-refractivity contribution in [2.24, 2.45) is 0 Å². The molecule has 1 saturated heterocycles. The van der Waals surface area contributed by atoms with E-state index in [1.807, 2.05) is 54.6 Å². The highest BCUT2D eigenvalue weighted by Crippen LogP contribution is 2.31. The second-order valence-corrected chi connectivity index (χ2v) is 6.35. The third-order valence-electron chi connectivity index (χ3n) is 4.70. The lowest BCUT2D eigenvalue weighted by atomic mass is 9.95. The highest BCUT2D eigenvalue weighted by atomic mass is 19.4. The smallest absolute Gasteiger partial charge is 0.365 e. The van der Waals surface area contributed by atoms with Crippen LogP contribution in [0.2, 0.25) is 0 Å². The normalized spacial score (nSPS) is 18.4. The first-order valence-electron chi connectivity index (χ1n) is 8.33. The maximum absolute atomic E-state index is 13.2. The second kappa shape index (κ2) is 6.29. The minimum atomic E-state index is -4.49. The number of morpholine rings is 1. The van der Waals surface area contributed by atoms with E-state index < -0.39 is 24.7 Å². The number of ether oxygens (including phenoxy) is 1. The van der Waals surface area contributed by atoms with Crippen molar-refractivity contribution < 1.29 is 22.7 Å². The van der Waals surface area contributed by atoms with Gasteiger partial charge in [-0.05, 0) is 27.6 Å². The summed E-state index contributed by atoms with van der Waals surface area (Å²) < 4.78 is 43.9. The molecule has 0 aromatic heterocycles. The maximum atomic E-state index is 13.2. The molecule has 0 N–H and O–H groups in total. The Balaban J connectivity index is 1.83. The van der Waals surface area contributed by atoms with Gasteiger partial charge in [0.2, 0.25) is 0 Å². The Bertz CT molecular complexity index is 930. The Labute approximate surface area is 148 Å². The molecule has 1 aliphatic rings. The summed E-state index contributed by atoms with van der Waals surface area (Å²) >= 11 is 0. The first-order valence-corrected chi connectivity index (χ1v) is 8.33. The lowest BCUT2D eigenvalue weighted by molar-refractivity contribution is -0.233. The van der Waals surface area contributed by atoms with Crippen LogP contribution in [-0.4, -0.2) is 42.8 Å². The van der Waals surface area contributed by atoms with Crippen molar-refractivity contribution in [1.29, 1.82) is 0 Å². The minimum Gasteiger partial charge on any atom is -0.365 e. The van der Waals surface area contributed by atoms with E-state index in [1.54, 1.807) is 0 Å². The van der Waals surface area contributed by atoms with Crippen molar-refractivity contribution in [3.05, 3.63) is 60.2 Å². The number of halogens is 3. The Hall–Kier alpha value is -2.60. The van der Waals surface area contributed by atoms with Gasteiger partial charge in [0.1, 0.15) is 0 Å². The Morgan fingerprint density at radius 3 is 2.15 bits per heavy atom. The Kier molecular flexibility index (Phi) is 4.07. The molecule has 0 radical (unpaired) electrons. The molecule has 4 rings (SSSR count). The molecule has 6 heteroatoms. The summed E-state index contributed by atoms with van der Waals surface area (Å²) in [5, 5.41) is 3.25. The topological polar surface area (TPSA) is 29.5 Å². The number of hydrogen-bond acceptors (Lipinski definition) is 2. The van der Waals surface area contributed by atoms with Crippen molar-refractivity contribution in [2.45, 2.75) is 12.3 Å². The van der Waals surface area contributed by atoms with E-state index in [-0.39, 0.29) is 13.2 Å². The fraction of sp³-hybridized carbons (Fsp3) is 0.250. The van der Waals surface area contributed by atoms with Crippen LogP contribution in [0.25, 0.3) is 21.5 Å². The van der Waals surface area contributed by atoms with Crippen LogP contribution in [0.1, 0.15) is 10.4 Å². The first kappa shape index (κ1) is 16.8. The third kappa shape index (κ3) is 2.90. The van der Waals surface area contributed by atoms with Crippen LogP contribution in [0, 0.1) is 0 Å². The zero-order chi connectivity index (χ0) is 18.3. The second-order valence-electron chi connectivity index (χ2n) is 6.35.